The van der Waals surface area contributed by atoms with Gasteiger partial charge in [-0.1, -0.05) is 11.6 Å². The van der Waals surface area contributed by atoms with Gasteiger partial charge < -0.3 is 15.7 Å². The molecule has 0 aliphatic heterocycles. The van der Waals surface area contributed by atoms with Gasteiger partial charge in [-0.25, -0.2) is 4.79 Å². The van der Waals surface area contributed by atoms with Crippen LogP contribution in [0.5, 0.6) is 0 Å². The van der Waals surface area contributed by atoms with Crippen LogP contribution in [-0.2, 0) is 4.79 Å². The fourth-order valence-corrected chi connectivity index (χ4v) is 1.71. The molecule has 0 aliphatic rings. The van der Waals surface area contributed by atoms with Crippen molar-refractivity contribution in [1.82, 2.24) is 5.32 Å². The summed E-state index contributed by atoms with van der Waals surface area (Å²) >= 11 is 5.92. The zero-order valence-electron chi connectivity index (χ0n) is 10.8. The number of carboxylic acid groups (broad SMARTS) is 1. The van der Waals surface area contributed by atoms with Crippen molar-refractivity contribution in [3.05, 3.63) is 28.8 Å². The van der Waals surface area contributed by atoms with Gasteiger partial charge in [0.25, 0.3) is 0 Å². The number of anilines is 1. The third kappa shape index (κ3) is 5.16. The van der Waals surface area contributed by atoms with E-state index in [1.54, 1.807) is 6.92 Å². The molecule has 6 nitrogen and oxygen atoms in total. The van der Waals surface area contributed by atoms with Crippen molar-refractivity contribution in [3.63, 3.8) is 0 Å². The molecule has 106 valence electrons. The number of halogens is 1. The first-order valence-corrected chi connectivity index (χ1v) is 6.29. The Morgan fingerprint density at radius 2 is 2.20 bits per heavy atom. The lowest BCUT2D eigenvalue weighted by atomic mass is 10.2. The highest BCUT2D eigenvalue weighted by atomic mass is 35.5. The molecule has 0 aromatic heterocycles. The summed E-state index contributed by atoms with van der Waals surface area (Å²) in [6.07, 6.45) is 0.322. The molecule has 1 aromatic rings. The number of carboxylic acids is 1. The van der Waals surface area contributed by atoms with Gasteiger partial charge >= 0.3 is 12.0 Å². The Morgan fingerprint density at radius 1 is 1.50 bits per heavy atom. The van der Waals surface area contributed by atoms with Crippen molar-refractivity contribution in [2.24, 2.45) is 0 Å². The number of benzene rings is 1. The maximum absolute atomic E-state index is 11.7. The number of rotatable bonds is 5. The first kappa shape index (κ1) is 15.8. The third-order valence-corrected chi connectivity index (χ3v) is 2.83. The number of nitrogens with zero attached hydrogens (tertiary/aromatic N) is 1. The molecule has 0 aliphatic carbocycles. The predicted octanol–water partition coefficient (Wildman–Crippen LogP) is 2.59. The first-order valence-electron chi connectivity index (χ1n) is 5.91. The van der Waals surface area contributed by atoms with Gasteiger partial charge in [0.2, 0.25) is 0 Å². The van der Waals surface area contributed by atoms with E-state index in [4.69, 9.17) is 22.0 Å². The Hall–Kier alpha value is -2.26. The Bertz CT molecular complexity index is 554. The van der Waals surface area contributed by atoms with Crippen LogP contribution in [-0.4, -0.2) is 23.1 Å². The zero-order chi connectivity index (χ0) is 15.1. The van der Waals surface area contributed by atoms with Crippen molar-refractivity contribution in [2.45, 2.75) is 25.8 Å². The molecule has 0 fully saturated rings. The standard InChI is InChI=1S/C13H14ClN3O3/c1-8(2-5-12(18)19)16-13(20)17-11-4-3-9(7-15)6-10(11)14/h3-4,6,8H,2,5H2,1H3,(H,18,19)(H2,16,17,20). The number of hydrogen-bond acceptors (Lipinski definition) is 3. The molecule has 0 saturated heterocycles. The van der Waals surface area contributed by atoms with Crippen LogP contribution in [0.3, 0.4) is 0 Å². The quantitative estimate of drug-likeness (QED) is 0.777. The minimum Gasteiger partial charge on any atom is -0.481 e. The lowest BCUT2D eigenvalue weighted by Gasteiger charge is -2.14. The van der Waals surface area contributed by atoms with Crippen LogP contribution in [0.4, 0.5) is 10.5 Å². The van der Waals surface area contributed by atoms with E-state index in [1.165, 1.54) is 18.2 Å². The van der Waals surface area contributed by atoms with Gasteiger partial charge in [0.05, 0.1) is 22.3 Å². The summed E-state index contributed by atoms with van der Waals surface area (Å²) in [5.74, 6) is -0.908. The summed E-state index contributed by atoms with van der Waals surface area (Å²) in [5.41, 5.74) is 0.782. The molecular formula is C13H14ClN3O3. The summed E-state index contributed by atoms with van der Waals surface area (Å²) < 4.78 is 0. The molecule has 0 radical (unpaired) electrons. The van der Waals surface area contributed by atoms with Crippen LogP contribution >= 0.6 is 11.6 Å². The van der Waals surface area contributed by atoms with Gasteiger partial charge in [0.1, 0.15) is 0 Å². The molecule has 1 aromatic carbocycles. The minimum absolute atomic E-state index is 0.0148. The van der Waals surface area contributed by atoms with Crippen LogP contribution < -0.4 is 10.6 Å². The van der Waals surface area contributed by atoms with Crippen molar-refractivity contribution in [2.75, 3.05) is 5.32 Å². The molecule has 0 bridgehead atoms. The monoisotopic (exact) mass is 295 g/mol. The molecule has 0 spiro atoms. The normalized spacial score (nSPS) is 11.2. The minimum atomic E-state index is -0.908. The van der Waals surface area contributed by atoms with E-state index in [1.807, 2.05) is 6.07 Å². The van der Waals surface area contributed by atoms with Crippen LogP contribution in [0.2, 0.25) is 5.02 Å². The number of nitrogens with one attached hydrogen (secondary N) is 2. The van der Waals surface area contributed by atoms with Crippen LogP contribution in [0.1, 0.15) is 25.3 Å². The number of urea groups is 1. The SMILES string of the molecule is CC(CCC(=O)O)NC(=O)Nc1ccc(C#N)cc1Cl. The molecule has 1 atom stereocenters. The highest BCUT2D eigenvalue weighted by Gasteiger charge is 2.10. The average Bonchev–Trinajstić information content (AvgIpc) is 2.38. The second-order valence-electron chi connectivity index (χ2n) is 4.24. The Balaban J connectivity index is 2.54. The average molecular weight is 296 g/mol. The number of carbonyl (C=O) groups is 2. The van der Waals surface area contributed by atoms with Crippen molar-refractivity contribution in [1.29, 1.82) is 5.26 Å². The first-order chi connectivity index (χ1) is 9.42. The number of aliphatic carboxylic acids is 1. The predicted molar refractivity (Wildman–Crippen MR) is 74.7 cm³/mol. The van der Waals surface area contributed by atoms with Gasteiger partial charge in [0, 0.05) is 12.5 Å². The van der Waals surface area contributed by atoms with E-state index < -0.39 is 12.0 Å². The zero-order valence-corrected chi connectivity index (χ0v) is 11.6. The third-order valence-electron chi connectivity index (χ3n) is 2.52. The van der Waals surface area contributed by atoms with Gasteiger partial charge in [-0.2, -0.15) is 5.26 Å². The largest absolute Gasteiger partial charge is 0.481 e. The Labute approximate surface area is 121 Å². The highest BCUT2D eigenvalue weighted by molar-refractivity contribution is 6.33. The summed E-state index contributed by atoms with van der Waals surface area (Å²) in [4.78, 5) is 22.1. The van der Waals surface area contributed by atoms with E-state index in [0.29, 0.717) is 17.7 Å². The molecule has 20 heavy (non-hydrogen) atoms. The van der Waals surface area contributed by atoms with E-state index in [2.05, 4.69) is 10.6 Å². The van der Waals surface area contributed by atoms with Crippen molar-refractivity contribution < 1.29 is 14.7 Å². The molecule has 3 N–H and O–H groups in total. The Morgan fingerprint density at radius 3 is 2.75 bits per heavy atom. The molecule has 1 unspecified atom stereocenters. The molecular weight excluding hydrogens is 282 g/mol. The highest BCUT2D eigenvalue weighted by Crippen LogP contribution is 2.22. The van der Waals surface area contributed by atoms with Gasteiger partial charge in [0.15, 0.2) is 0 Å². The fourth-order valence-electron chi connectivity index (χ4n) is 1.48. The summed E-state index contributed by atoms with van der Waals surface area (Å²) in [7, 11) is 0. The molecule has 2 amide bonds. The van der Waals surface area contributed by atoms with E-state index in [-0.39, 0.29) is 17.5 Å². The van der Waals surface area contributed by atoms with Crippen molar-refractivity contribution >= 4 is 29.3 Å². The number of amides is 2. The lowest BCUT2D eigenvalue weighted by Crippen LogP contribution is -2.36. The van der Waals surface area contributed by atoms with Crippen LogP contribution in [0, 0.1) is 11.3 Å². The van der Waals surface area contributed by atoms with Gasteiger partial charge in [-0.3, -0.25) is 4.79 Å². The summed E-state index contributed by atoms with van der Waals surface area (Å²) in [5, 5.41) is 22.7. The lowest BCUT2D eigenvalue weighted by molar-refractivity contribution is -0.137. The number of hydrogen-bond donors (Lipinski definition) is 3. The van der Waals surface area contributed by atoms with Gasteiger partial charge in [-0.05, 0) is 31.5 Å². The smallest absolute Gasteiger partial charge is 0.319 e. The number of nitriles is 1. The van der Waals surface area contributed by atoms with Crippen molar-refractivity contribution in [3.8, 4) is 6.07 Å². The molecule has 0 heterocycles. The molecule has 0 saturated carbocycles. The maximum atomic E-state index is 11.7. The van der Waals surface area contributed by atoms with Crippen LogP contribution in [0.15, 0.2) is 18.2 Å². The summed E-state index contributed by atoms with van der Waals surface area (Å²) in [6, 6.07) is 5.70. The Kier molecular flexibility index (Phi) is 5.81. The second-order valence-corrected chi connectivity index (χ2v) is 4.65. The molecule has 1 rings (SSSR count). The topological polar surface area (TPSA) is 102 Å². The fraction of sp³-hybridized carbons (Fsp3) is 0.308. The second kappa shape index (κ2) is 7.36. The number of carbonyl (C=O) groups excluding carboxylic acids is 1. The molecule has 7 heteroatoms. The van der Waals surface area contributed by atoms with Crippen LogP contribution in [0.25, 0.3) is 0 Å². The van der Waals surface area contributed by atoms with E-state index in [9.17, 15) is 9.59 Å². The maximum Gasteiger partial charge on any atom is 0.319 e. The summed E-state index contributed by atoms with van der Waals surface area (Å²) in [6.45, 7) is 1.71. The van der Waals surface area contributed by atoms with E-state index in [0.717, 1.165) is 0 Å². The van der Waals surface area contributed by atoms with E-state index >= 15 is 0 Å². The van der Waals surface area contributed by atoms with Gasteiger partial charge in [-0.15, -0.1) is 0 Å².